The number of hydrogen-bond donors (Lipinski definition) is 1. The van der Waals surface area contributed by atoms with Crippen molar-refractivity contribution in [2.45, 2.75) is 6.61 Å². The Kier molecular flexibility index (Phi) is 2.42. The Bertz CT molecular complexity index is 277. The zero-order valence-electron chi connectivity index (χ0n) is 5.93. The minimum absolute atomic E-state index is 0.149. The lowest BCUT2D eigenvalue weighted by Crippen LogP contribution is -2.02. The molecule has 0 aliphatic rings. The zero-order valence-corrected chi connectivity index (χ0v) is 5.93. The molecule has 0 atom stereocenters. The van der Waals surface area contributed by atoms with Crippen molar-refractivity contribution in [3.8, 4) is 5.75 Å². The maximum atomic E-state index is 12.5. The summed E-state index contributed by atoms with van der Waals surface area (Å²) in [6.45, 7) is -2.92. The molecular weight excluding hydrogens is 171 g/mol. The molecule has 66 valence electrons. The van der Waals surface area contributed by atoms with Gasteiger partial charge in [0.15, 0.2) is 0 Å². The van der Waals surface area contributed by atoms with Crippen LogP contribution >= 0.6 is 0 Å². The molecule has 12 heavy (non-hydrogen) atoms. The Balaban J connectivity index is 2.82. The van der Waals surface area contributed by atoms with E-state index in [0.717, 1.165) is 18.2 Å². The summed E-state index contributed by atoms with van der Waals surface area (Å²) in [5.41, 5.74) is 4.88. The summed E-state index contributed by atoms with van der Waals surface area (Å²) in [6, 6.07) is 3.05. The summed E-state index contributed by atoms with van der Waals surface area (Å²) in [5, 5.41) is 0. The predicted molar refractivity (Wildman–Crippen MR) is 37.4 cm³/mol. The van der Waals surface area contributed by atoms with Crippen molar-refractivity contribution >= 4 is 5.69 Å². The van der Waals surface area contributed by atoms with Gasteiger partial charge in [-0.25, -0.2) is 4.39 Å². The Morgan fingerprint density at radius 3 is 2.50 bits per heavy atom. The summed E-state index contributed by atoms with van der Waals surface area (Å²) >= 11 is 0. The van der Waals surface area contributed by atoms with Gasteiger partial charge in [-0.3, -0.25) is 0 Å². The second kappa shape index (κ2) is 3.34. The van der Waals surface area contributed by atoms with E-state index in [0.29, 0.717) is 0 Å². The number of anilines is 1. The molecule has 0 unspecified atom stereocenters. The van der Waals surface area contributed by atoms with E-state index in [2.05, 4.69) is 4.74 Å². The van der Waals surface area contributed by atoms with Crippen molar-refractivity contribution in [1.82, 2.24) is 0 Å². The standard InChI is InChI=1S/C7H6F3NO/c8-5-2-1-4(3-6(5)11)12-7(9)10/h1-3,7H,11H2. The molecular formula is C7H6F3NO. The van der Waals surface area contributed by atoms with E-state index in [1.807, 2.05) is 0 Å². The third-order valence-electron chi connectivity index (χ3n) is 1.19. The predicted octanol–water partition coefficient (Wildman–Crippen LogP) is 2.01. The van der Waals surface area contributed by atoms with E-state index in [9.17, 15) is 13.2 Å². The quantitative estimate of drug-likeness (QED) is 0.701. The second-order valence-electron chi connectivity index (χ2n) is 2.06. The minimum atomic E-state index is -2.92. The molecule has 0 aliphatic heterocycles. The molecule has 0 aromatic heterocycles. The van der Waals surface area contributed by atoms with Crippen LogP contribution in [0.3, 0.4) is 0 Å². The molecule has 0 saturated carbocycles. The fraction of sp³-hybridized carbons (Fsp3) is 0.143. The fourth-order valence-corrected chi connectivity index (χ4v) is 0.698. The first-order valence-corrected chi connectivity index (χ1v) is 3.09. The molecule has 0 saturated heterocycles. The molecule has 1 aromatic rings. The minimum Gasteiger partial charge on any atom is -0.435 e. The van der Waals surface area contributed by atoms with Crippen LogP contribution in [0.15, 0.2) is 18.2 Å². The average Bonchev–Trinajstić information content (AvgIpc) is 1.96. The van der Waals surface area contributed by atoms with Gasteiger partial charge in [-0.05, 0) is 12.1 Å². The molecule has 5 heteroatoms. The summed E-state index contributed by atoms with van der Waals surface area (Å²) in [4.78, 5) is 0. The molecule has 0 fully saturated rings. The van der Waals surface area contributed by atoms with Gasteiger partial charge in [0, 0.05) is 6.07 Å². The summed E-state index contributed by atoms with van der Waals surface area (Å²) in [7, 11) is 0. The van der Waals surface area contributed by atoms with E-state index in [1.165, 1.54) is 0 Å². The Hall–Kier alpha value is -1.39. The van der Waals surface area contributed by atoms with Gasteiger partial charge < -0.3 is 10.5 Å². The van der Waals surface area contributed by atoms with E-state index in [-0.39, 0.29) is 11.4 Å². The Morgan fingerprint density at radius 2 is 2.00 bits per heavy atom. The second-order valence-corrected chi connectivity index (χ2v) is 2.06. The number of hydrogen-bond acceptors (Lipinski definition) is 2. The molecule has 2 nitrogen and oxygen atoms in total. The molecule has 0 heterocycles. The van der Waals surface area contributed by atoms with Gasteiger partial charge in [0.25, 0.3) is 0 Å². The maximum Gasteiger partial charge on any atom is 0.387 e. The van der Waals surface area contributed by atoms with Crippen LogP contribution in [0.2, 0.25) is 0 Å². The third-order valence-corrected chi connectivity index (χ3v) is 1.19. The number of nitrogens with two attached hydrogens (primary N) is 1. The van der Waals surface area contributed by atoms with Crippen molar-refractivity contribution in [2.24, 2.45) is 0 Å². The average molecular weight is 177 g/mol. The number of ether oxygens (including phenoxy) is 1. The maximum absolute atomic E-state index is 12.5. The molecule has 2 N–H and O–H groups in total. The van der Waals surface area contributed by atoms with E-state index < -0.39 is 12.4 Å². The summed E-state index contributed by atoms with van der Waals surface area (Å²) in [6.07, 6.45) is 0. The van der Waals surface area contributed by atoms with Crippen LogP contribution in [0, 0.1) is 5.82 Å². The van der Waals surface area contributed by atoms with Gasteiger partial charge in [-0.15, -0.1) is 0 Å². The van der Waals surface area contributed by atoms with Crippen LogP contribution in [0.25, 0.3) is 0 Å². The van der Waals surface area contributed by atoms with Gasteiger partial charge in [0.05, 0.1) is 5.69 Å². The molecule has 0 spiro atoms. The monoisotopic (exact) mass is 177 g/mol. The molecule has 0 bridgehead atoms. The highest BCUT2D eigenvalue weighted by Crippen LogP contribution is 2.19. The normalized spacial score (nSPS) is 10.3. The molecule has 0 aliphatic carbocycles. The summed E-state index contributed by atoms with van der Waals surface area (Å²) in [5.74, 6) is -0.805. The number of benzene rings is 1. The third kappa shape index (κ3) is 2.05. The van der Waals surface area contributed by atoms with E-state index >= 15 is 0 Å². The van der Waals surface area contributed by atoms with Crippen LogP contribution < -0.4 is 10.5 Å². The molecule has 0 amide bonds. The van der Waals surface area contributed by atoms with Crippen molar-refractivity contribution < 1.29 is 17.9 Å². The zero-order chi connectivity index (χ0) is 9.14. The topological polar surface area (TPSA) is 35.2 Å². The highest BCUT2D eigenvalue weighted by Gasteiger charge is 2.05. The number of nitrogen functional groups attached to an aromatic ring is 1. The van der Waals surface area contributed by atoms with Crippen LogP contribution in [0.4, 0.5) is 18.9 Å². The van der Waals surface area contributed by atoms with Gasteiger partial charge in [0.2, 0.25) is 0 Å². The lowest BCUT2D eigenvalue weighted by Gasteiger charge is -2.04. The van der Waals surface area contributed by atoms with Crippen LogP contribution in [-0.2, 0) is 0 Å². The van der Waals surface area contributed by atoms with Crippen molar-refractivity contribution in [2.75, 3.05) is 5.73 Å². The van der Waals surface area contributed by atoms with E-state index in [4.69, 9.17) is 5.73 Å². The highest BCUT2D eigenvalue weighted by atomic mass is 19.3. The van der Waals surface area contributed by atoms with Crippen molar-refractivity contribution in [3.63, 3.8) is 0 Å². The molecule has 1 aromatic carbocycles. The van der Waals surface area contributed by atoms with Gasteiger partial charge >= 0.3 is 6.61 Å². The number of halogens is 3. The van der Waals surface area contributed by atoms with Gasteiger partial charge in [0.1, 0.15) is 11.6 Å². The Morgan fingerprint density at radius 1 is 1.33 bits per heavy atom. The van der Waals surface area contributed by atoms with E-state index in [1.54, 1.807) is 0 Å². The number of alkyl halides is 2. The van der Waals surface area contributed by atoms with Crippen LogP contribution in [0.1, 0.15) is 0 Å². The van der Waals surface area contributed by atoms with Crippen molar-refractivity contribution in [1.29, 1.82) is 0 Å². The largest absolute Gasteiger partial charge is 0.435 e. The number of rotatable bonds is 2. The first-order valence-electron chi connectivity index (χ1n) is 3.09. The smallest absolute Gasteiger partial charge is 0.387 e. The summed E-state index contributed by atoms with van der Waals surface area (Å²) < 4.78 is 39.6. The fourth-order valence-electron chi connectivity index (χ4n) is 0.698. The van der Waals surface area contributed by atoms with Crippen LogP contribution in [-0.4, -0.2) is 6.61 Å². The Labute approximate surface area is 66.7 Å². The first-order chi connectivity index (χ1) is 5.59. The lowest BCUT2D eigenvalue weighted by atomic mass is 10.3. The first kappa shape index (κ1) is 8.70. The highest BCUT2D eigenvalue weighted by molar-refractivity contribution is 5.45. The van der Waals surface area contributed by atoms with Crippen molar-refractivity contribution in [3.05, 3.63) is 24.0 Å². The van der Waals surface area contributed by atoms with Gasteiger partial charge in [-0.1, -0.05) is 0 Å². The SMILES string of the molecule is Nc1cc(OC(F)F)ccc1F. The lowest BCUT2D eigenvalue weighted by molar-refractivity contribution is -0.0498. The molecule has 0 radical (unpaired) electrons. The molecule has 1 rings (SSSR count). The van der Waals surface area contributed by atoms with Crippen LogP contribution in [0.5, 0.6) is 5.75 Å². The van der Waals surface area contributed by atoms with Gasteiger partial charge in [-0.2, -0.15) is 8.78 Å².